The normalized spacial score (nSPS) is 21.1. The Kier molecular flexibility index (Phi) is 4.10. The van der Waals surface area contributed by atoms with E-state index < -0.39 is 11.6 Å². The van der Waals surface area contributed by atoms with Crippen LogP contribution in [0.25, 0.3) is 10.9 Å². The van der Waals surface area contributed by atoms with E-state index in [1.54, 1.807) is 17.5 Å². The van der Waals surface area contributed by atoms with E-state index in [4.69, 9.17) is 0 Å². The van der Waals surface area contributed by atoms with Crippen molar-refractivity contribution in [3.8, 4) is 0 Å². The highest BCUT2D eigenvalue weighted by molar-refractivity contribution is 7.10. The van der Waals surface area contributed by atoms with E-state index in [0.29, 0.717) is 12.0 Å². The lowest BCUT2D eigenvalue weighted by molar-refractivity contribution is -0.131. The summed E-state index contributed by atoms with van der Waals surface area (Å²) >= 11 is 1.61. The van der Waals surface area contributed by atoms with Gasteiger partial charge in [-0.2, -0.15) is 0 Å². The predicted molar refractivity (Wildman–Crippen MR) is 111 cm³/mol. The van der Waals surface area contributed by atoms with Crippen LogP contribution in [0.3, 0.4) is 0 Å². The Morgan fingerprint density at radius 1 is 1.28 bits per heavy atom. The maximum Gasteiger partial charge on any atom is 0.325 e. The summed E-state index contributed by atoms with van der Waals surface area (Å²) in [6.07, 6.45) is 4.86. The van der Waals surface area contributed by atoms with Crippen molar-refractivity contribution in [1.82, 2.24) is 15.2 Å². The zero-order chi connectivity index (χ0) is 20.2. The number of H-pyrrole nitrogens is 1. The summed E-state index contributed by atoms with van der Waals surface area (Å²) in [7, 11) is 0. The fraction of sp³-hybridized carbons (Fsp3) is 0.318. The quantitative estimate of drug-likeness (QED) is 0.510. The molecule has 1 aliphatic carbocycles. The first kappa shape index (κ1) is 18.1. The third kappa shape index (κ3) is 2.57. The molecule has 2 aromatic heterocycles. The summed E-state index contributed by atoms with van der Waals surface area (Å²) in [6.45, 7) is 1.81. The number of carbonyl (C=O) groups is 3. The molecule has 2 N–H and O–H groups in total. The number of nitrogens with one attached hydrogen (secondary N) is 2. The number of urea groups is 1. The fourth-order valence-corrected chi connectivity index (χ4v) is 5.66. The molecule has 1 fully saturated rings. The van der Waals surface area contributed by atoms with Crippen LogP contribution in [0.4, 0.5) is 4.79 Å². The summed E-state index contributed by atoms with van der Waals surface area (Å²) in [4.78, 5) is 44.4. The van der Waals surface area contributed by atoms with Gasteiger partial charge in [0.05, 0.1) is 6.54 Å². The van der Waals surface area contributed by atoms with E-state index in [-0.39, 0.29) is 18.2 Å². The molecule has 3 heterocycles. The topological polar surface area (TPSA) is 82.3 Å². The molecule has 1 atom stereocenters. The second kappa shape index (κ2) is 6.56. The van der Waals surface area contributed by atoms with Gasteiger partial charge >= 0.3 is 6.03 Å². The van der Waals surface area contributed by atoms with Gasteiger partial charge < -0.3 is 10.3 Å². The third-order valence-electron chi connectivity index (χ3n) is 6.12. The molecule has 3 aromatic rings. The van der Waals surface area contributed by atoms with E-state index in [2.05, 4.69) is 17.2 Å². The Morgan fingerprint density at radius 2 is 2.14 bits per heavy atom. The molecule has 2 aliphatic rings. The van der Waals surface area contributed by atoms with Crippen molar-refractivity contribution in [1.29, 1.82) is 0 Å². The lowest BCUT2D eigenvalue weighted by atomic mass is 9.80. The number of aromatic amines is 1. The van der Waals surface area contributed by atoms with Crippen LogP contribution in [-0.4, -0.2) is 34.2 Å². The van der Waals surface area contributed by atoms with Gasteiger partial charge in [-0.25, -0.2) is 4.79 Å². The van der Waals surface area contributed by atoms with E-state index in [0.717, 1.165) is 51.1 Å². The van der Waals surface area contributed by atoms with Crippen molar-refractivity contribution in [2.75, 3.05) is 6.54 Å². The van der Waals surface area contributed by atoms with Gasteiger partial charge in [0.15, 0.2) is 5.78 Å². The van der Waals surface area contributed by atoms with Crippen LogP contribution in [0.5, 0.6) is 0 Å². The van der Waals surface area contributed by atoms with E-state index >= 15 is 0 Å². The standard InChI is InChI=1S/C22H21N3O3S/c1-2-13-5-3-6-14-15(11-23-19(13)14)17(26)12-25-20(27)22(24-21(25)28)9-4-7-18-16(22)8-10-29-18/h3,5-6,8,10-11,23H,2,4,7,9,12H2,1H3,(H,24,28)/t22-/m0/s1. The number of hydrogen-bond donors (Lipinski definition) is 2. The second-order valence-electron chi connectivity index (χ2n) is 7.66. The van der Waals surface area contributed by atoms with E-state index in [9.17, 15) is 14.4 Å². The van der Waals surface area contributed by atoms with Crippen molar-refractivity contribution in [3.63, 3.8) is 0 Å². The molecule has 0 saturated carbocycles. The average molecular weight is 407 g/mol. The van der Waals surface area contributed by atoms with Crippen molar-refractivity contribution < 1.29 is 14.4 Å². The number of imide groups is 1. The number of fused-ring (bicyclic) bond motifs is 3. The van der Waals surface area contributed by atoms with Crippen molar-refractivity contribution in [2.45, 2.75) is 38.1 Å². The fourth-order valence-electron chi connectivity index (χ4n) is 4.66. The number of hydrogen-bond acceptors (Lipinski definition) is 4. The van der Waals surface area contributed by atoms with Crippen molar-refractivity contribution in [3.05, 3.63) is 57.4 Å². The van der Waals surface area contributed by atoms with Crippen molar-refractivity contribution in [2.24, 2.45) is 0 Å². The first-order valence-corrected chi connectivity index (χ1v) is 10.8. The summed E-state index contributed by atoms with van der Waals surface area (Å²) in [5.41, 5.74) is 2.45. The Labute approximate surface area is 171 Å². The number of aryl methyl sites for hydroxylation is 2. The van der Waals surface area contributed by atoms with Crippen molar-refractivity contribution >= 4 is 40.0 Å². The van der Waals surface area contributed by atoms with Crippen LogP contribution in [-0.2, 0) is 23.2 Å². The number of aromatic nitrogens is 1. The number of nitrogens with zero attached hydrogens (tertiary/aromatic N) is 1. The summed E-state index contributed by atoms with van der Waals surface area (Å²) < 4.78 is 0. The van der Waals surface area contributed by atoms with Gasteiger partial charge in [0, 0.05) is 33.1 Å². The molecule has 1 aliphatic heterocycles. The number of para-hydroxylation sites is 1. The van der Waals surface area contributed by atoms with Gasteiger partial charge in [0.25, 0.3) is 5.91 Å². The lowest BCUT2D eigenvalue weighted by Gasteiger charge is -2.31. The maximum absolute atomic E-state index is 13.3. The average Bonchev–Trinajstić information content (AvgIpc) is 3.42. The number of carbonyl (C=O) groups excluding carboxylic acids is 3. The predicted octanol–water partition coefficient (Wildman–Crippen LogP) is 3.76. The SMILES string of the molecule is CCc1cccc2c(C(=O)CN3C(=O)N[C@]4(CCCc5sccc54)C3=O)c[nH]c12. The number of Topliss-reactive ketones (excluding diaryl/α,β-unsaturated/α-hetero) is 1. The highest BCUT2D eigenvalue weighted by Crippen LogP contribution is 2.42. The van der Waals surface area contributed by atoms with Crippen LogP contribution >= 0.6 is 11.3 Å². The Morgan fingerprint density at radius 3 is 2.97 bits per heavy atom. The molecule has 5 rings (SSSR count). The van der Waals surface area contributed by atoms with E-state index in [1.165, 1.54) is 0 Å². The summed E-state index contributed by atoms with van der Waals surface area (Å²) in [6, 6.07) is 7.28. The van der Waals surface area contributed by atoms with Crippen LogP contribution in [0.2, 0.25) is 0 Å². The van der Waals surface area contributed by atoms with Crippen LogP contribution < -0.4 is 5.32 Å². The molecular formula is C22H21N3O3S. The minimum absolute atomic E-state index is 0.244. The Hall–Kier alpha value is -2.93. The monoisotopic (exact) mass is 407 g/mol. The van der Waals surface area contributed by atoms with Gasteiger partial charge in [-0.15, -0.1) is 11.3 Å². The molecule has 0 radical (unpaired) electrons. The first-order chi connectivity index (χ1) is 14.0. The number of benzene rings is 1. The molecule has 6 nitrogen and oxygen atoms in total. The highest BCUT2D eigenvalue weighted by atomic mass is 32.1. The van der Waals surface area contributed by atoms with Gasteiger partial charge in [-0.3, -0.25) is 14.5 Å². The molecule has 148 valence electrons. The zero-order valence-electron chi connectivity index (χ0n) is 16.1. The zero-order valence-corrected chi connectivity index (χ0v) is 16.9. The molecule has 1 aromatic carbocycles. The number of ketones is 1. The van der Waals surface area contributed by atoms with Crippen LogP contribution in [0.1, 0.15) is 46.1 Å². The number of thiophene rings is 1. The van der Waals surface area contributed by atoms with Gasteiger partial charge in [0.1, 0.15) is 5.54 Å². The van der Waals surface area contributed by atoms with Crippen LogP contribution in [0.15, 0.2) is 35.8 Å². The van der Waals surface area contributed by atoms with Crippen LogP contribution in [0, 0.1) is 0 Å². The Bertz CT molecular complexity index is 1160. The third-order valence-corrected chi connectivity index (χ3v) is 7.10. The smallest absolute Gasteiger partial charge is 0.325 e. The number of amides is 3. The van der Waals surface area contributed by atoms with E-state index in [1.807, 2.05) is 29.6 Å². The molecule has 1 spiro atoms. The minimum atomic E-state index is -1.01. The lowest BCUT2D eigenvalue weighted by Crippen LogP contribution is -2.46. The number of rotatable bonds is 4. The molecule has 3 amide bonds. The summed E-state index contributed by atoms with van der Waals surface area (Å²) in [5, 5.41) is 5.69. The first-order valence-electron chi connectivity index (χ1n) is 9.88. The molecule has 0 bridgehead atoms. The van der Waals surface area contributed by atoms with Gasteiger partial charge in [-0.1, -0.05) is 25.1 Å². The Balaban J connectivity index is 1.46. The maximum atomic E-state index is 13.3. The summed E-state index contributed by atoms with van der Waals surface area (Å²) in [5.74, 6) is -0.560. The molecular weight excluding hydrogens is 386 g/mol. The second-order valence-corrected chi connectivity index (χ2v) is 8.66. The molecule has 0 unspecified atom stereocenters. The van der Waals surface area contributed by atoms with Gasteiger partial charge in [-0.05, 0) is 42.7 Å². The van der Waals surface area contributed by atoms with Gasteiger partial charge in [0.2, 0.25) is 0 Å². The minimum Gasteiger partial charge on any atom is -0.360 e. The molecule has 7 heteroatoms. The largest absolute Gasteiger partial charge is 0.360 e. The molecule has 29 heavy (non-hydrogen) atoms. The molecule has 1 saturated heterocycles. The highest BCUT2D eigenvalue weighted by Gasteiger charge is 2.54.